The van der Waals surface area contributed by atoms with Gasteiger partial charge in [-0.15, -0.1) is 0 Å². The minimum atomic E-state index is -1.22. The fourth-order valence-corrected chi connectivity index (χ4v) is 1.76. The molecule has 18 heavy (non-hydrogen) atoms. The Balaban J connectivity index is 2.15. The number of rotatable bonds is 8. The summed E-state index contributed by atoms with van der Waals surface area (Å²) in [7, 11) is 1.64. The molecule has 0 bridgehead atoms. The summed E-state index contributed by atoms with van der Waals surface area (Å²) in [6.07, 6.45) is 2.75. The molecule has 1 atom stereocenters. The average molecular weight is 252 g/mol. The maximum Gasteiger partial charge on any atom is 0.332 e. The van der Waals surface area contributed by atoms with Gasteiger partial charge in [-0.05, 0) is 37.0 Å². The number of methoxy groups -OCH3 is 1. The van der Waals surface area contributed by atoms with Crippen LogP contribution in [0.15, 0.2) is 24.3 Å². The standard InChI is InChI=1S/C14H20O4/c1-18-12-9-7-11(8-10-12)5-3-2-4-6-13(15)14(16)17/h7-10,13,15H,2-6H2,1H3,(H,16,17). The number of carboxylic acids is 1. The summed E-state index contributed by atoms with van der Waals surface area (Å²) in [6.45, 7) is 0. The maximum atomic E-state index is 10.4. The SMILES string of the molecule is COc1ccc(CCCCCC(O)C(=O)O)cc1. The topological polar surface area (TPSA) is 66.8 Å². The molecule has 1 aromatic rings. The number of ether oxygens (including phenoxy) is 1. The number of aliphatic hydroxyl groups is 1. The van der Waals surface area contributed by atoms with E-state index in [2.05, 4.69) is 0 Å². The molecular formula is C14H20O4. The van der Waals surface area contributed by atoms with Gasteiger partial charge in [0.1, 0.15) is 5.75 Å². The van der Waals surface area contributed by atoms with Crippen LogP contribution in [0, 0.1) is 0 Å². The van der Waals surface area contributed by atoms with Crippen LogP contribution in [0.2, 0.25) is 0 Å². The van der Waals surface area contributed by atoms with Gasteiger partial charge < -0.3 is 14.9 Å². The van der Waals surface area contributed by atoms with Gasteiger partial charge in [0.05, 0.1) is 7.11 Å². The van der Waals surface area contributed by atoms with Crippen molar-refractivity contribution >= 4 is 5.97 Å². The number of aliphatic hydroxyl groups excluding tert-OH is 1. The van der Waals surface area contributed by atoms with E-state index in [1.54, 1.807) is 7.11 Å². The molecule has 2 N–H and O–H groups in total. The largest absolute Gasteiger partial charge is 0.497 e. The Bertz CT molecular complexity index is 359. The Morgan fingerprint density at radius 1 is 1.22 bits per heavy atom. The molecular weight excluding hydrogens is 232 g/mol. The van der Waals surface area contributed by atoms with E-state index in [1.807, 2.05) is 24.3 Å². The van der Waals surface area contributed by atoms with Crippen molar-refractivity contribution in [2.24, 2.45) is 0 Å². The lowest BCUT2D eigenvalue weighted by atomic mass is 10.0. The smallest absolute Gasteiger partial charge is 0.332 e. The predicted molar refractivity (Wildman–Crippen MR) is 68.8 cm³/mol. The highest BCUT2D eigenvalue weighted by Crippen LogP contribution is 2.14. The van der Waals surface area contributed by atoms with E-state index >= 15 is 0 Å². The van der Waals surface area contributed by atoms with Crippen LogP contribution >= 0.6 is 0 Å². The van der Waals surface area contributed by atoms with E-state index in [4.69, 9.17) is 14.9 Å². The van der Waals surface area contributed by atoms with Crippen LogP contribution in [0.3, 0.4) is 0 Å². The third kappa shape index (κ3) is 5.19. The van der Waals surface area contributed by atoms with Crippen molar-refractivity contribution in [3.05, 3.63) is 29.8 Å². The van der Waals surface area contributed by atoms with Crippen molar-refractivity contribution in [2.45, 2.75) is 38.2 Å². The van der Waals surface area contributed by atoms with Gasteiger partial charge in [0.15, 0.2) is 6.10 Å². The molecule has 0 heterocycles. The molecule has 1 unspecified atom stereocenters. The van der Waals surface area contributed by atoms with Crippen LogP contribution in [0.25, 0.3) is 0 Å². The van der Waals surface area contributed by atoms with Crippen LogP contribution in [0.1, 0.15) is 31.2 Å². The quantitative estimate of drug-likeness (QED) is 0.696. The molecule has 0 aliphatic carbocycles. The van der Waals surface area contributed by atoms with Gasteiger partial charge in [-0.1, -0.05) is 25.0 Å². The second kappa shape index (κ2) is 7.71. The zero-order valence-electron chi connectivity index (χ0n) is 10.6. The molecule has 1 rings (SSSR count). The van der Waals surface area contributed by atoms with Gasteiger partial charge in [0, 0.05) is 0 Å². The van der Waals surface area contributed by atoms with Crippen molar-refractivity contribution in [1.29, 1.82) is 0 Å². The highest BCUT2D eigenvalue weighted by Gasteiger charge is 2.11. The molecule has 0 fully saturated rings. The number of hydrogen-bond acceptors (Lipinski definition) is 3. The lowest BCUT2D eigenvalue weighted by molar-refractivity contribution is -0.146. The van der Waals surface area contributed by atoms with Gasteiger partial charge in [-0.25, -0.2) is 4.79 Å². The maximum absolute atomic E-state index is 10.4. The van der Waals surface area contributed by atoms with Crippen LogP contribution in [0.4, 0.5) is 0 Å². The molecule has 4 nitrogen and oxygen atoms in total. The second-order valence-electron chi connectivity index (χ2n) is 4.30. The van der Waals surface area contributed by atoms with Crippen molar-refractivity contribution in [2.75, 3.05) is 7.11 Å². The van der Waals surface area contributed by atoms with Crippen LogP contribution in [0.5, 0.6) is 5.75 Å². The first-order chi connectivity index (χ1) is 8.63. The number of aliphatic carboxylic acids is 1. The Morgan fingerprint density at radius 3 is 2.44 bits per heavy atom. The van der Waals surface area contributed by atoms with E-state index in [0.29, 0.717) is 6.42 Å². The van der Waals surface area contributed by atoms with E-state index in [-0.39, 0.29) is 0 Å². The molecule has 0 radical (unpaired) electrons. The van der Waals surface area contributed by atoms with Crippen molar-refractivity contribution in [1.82, 2.24) is 0 Å². The Morgan fingerprint density at radius 2 is 1.89 bits per heavy atom. The first kappa shape index (κ1) is 14.5. The van der Waals surface area contributed by atoms with Crippen LogP contribution < -0.4 is 4.74 Å². The average Bonchev–Trinajstić information content (AvgIpc) is 2.38. The Kier molecular flexibility index (Phi) is 6.22. The highest BCUT2D eigenvalue weighted by molar-refractivity contribution is 5.71. The lowest BCUT2D eigenvalue weighted by Gasteiger charge is -2.05. The number of benzene rings is 1. The number of hydrogen-bond donors (Lipinski definition) is 2. The first-order valence-electron chi connectivity index (χ1n) is 6.17. The number of aryl methyl sites for hydroxylation is 1. The molecule has 0 spiro atoms. The Hall–Kier alpha value is -1.55. The minimum Gasteiger partial charge on any atom is -0.497 e. The molecule has 0 saturated heterocycles. The van der Waals surface area contributed by atoms with Gasteiger partial charge in [-0.3, -0.25) is 0 Å². The fraction of sp³-hybridized carbons (Fsp3) is 0.500. The first-order valence-corrected chi connectivity index (χ1v) is 6.17. The van der Waals surface area contributed by atoms with Gasteiger partial charge >= 0.3 is 5.97 Å². The zero-order valence-corrected chi connectivity index (χ0v) is 10.6. The fourth-order valence-electron chi connectivity index (χ4n) is 1.76. The predicted octanol–water partition coefficient (Wildman–Crippen LogP) is 2.24. The molecule has 0 aliphatic heterocycles. The number of carboxylic acid groups (broad SMARTS) is 1. The summed E-state index contributed by atoms with van der Waals surface area (Å²) in [4.78, 5) is 10.4. The van der Waals surface area contributed by atoms with Gasteiger partial charge in [0.25, 0.3) is 0 Å². The minimum absolute atomic E-state index is 0.331. The molecule has 0 aromatic heterocycles. The third-order valence-electron chi connectivity index (χ3n) is 2.89. The third-order valence-corrected chi connectivity index (χ3v) is 2.89. The monoisotopic (exact) mass is 252 g/mol. The van der Waals surface area contributed by atoms with E-state index < -0.39 is 12.1 Å². The molecule has 0 saturated carbocycles. The summed E-state index contributed by atoms with van der Waals surface area (Å²) < 4.78 is 5.08. The summed E-state index contributed by atoms with van der Waals surface area (Å²) in [5.41, 5.74) is 1.24. The Labute approximate surface area is 107 Å². The van der Waals surface area contributed by atoms with E-state index in [9.17, 15) is 4.79 Å². The van der Waals surface area contributed by atoms with Crippen molar-refractivity contribution in [3.8, 4) is 5.75 Å². The van der Waals surface area contributed by atoms with Gasteiger partial charge in [-0.2, -0.15) is 0 Å². The molecule has 0 amide bonds. The second-order valence-corrected chi connectivity index (χ2v) is 4.30. The number of unbranched alkanes of at least 4 members (excludes halogenated alkanes) is 2. The normalized spacial score (nSPS) is 12.1. The summed E-state index contributed by atoms with van der Waals surface area (Å²) >= 11 is 0. The summed E-state index contributed by atoms with van der Waals surface area (Å²) in [5, 5.41) is 17.6. The zero-order chi connectivity index (χ0) is 13.4. The summed E-state index contributed by atoms with van der Waals surface area (Å²) in [6, 6.07) is 7.93. The number of carbonyl (C=O) groups is 1. The van der Waals surface area contributed by atoms with E-state index in [0.717, 1.165) is 31.4 Å². The molecule has 0 aliphatic rings. The highest BCUT2D eigenvalue weighted by atomic mass is 16.5. The van der Waals surface area contributed by atoms with Crippen molar-refractivity contribution < 1.29 is 19.7 Å². The van der Waals surface area contributed by atoms with E-state index in [1.165, 1.54) is 5.56 Å². The van der Waals surface area contributed by atoms with Crippen molar-refractivity contribution in [3.63, 3.8) is 0 Å². The van der Waals surface area contributed by atoms with Gasteiger partial charge in [0.2, 0.25) is 0 Å². The van der Waals surface area contributed by atoms with Crippen LogP contribution in [-0.2, 0) is 11.2 Å². The summed E-state index contributed by atoms with van der Waals surface area (Å²) in [5.74, 6) is -0.284. The molecule has 100 valence electrons. The van der Waals surface area contributed by atoms with Crippen LogP contribution in [-0.4, -0.2) is 29.4 Å². The molecule has 4 heteroatoms. The molecule has 1 aromatic carbocycles. The lowest BCUT2D eigenvalue weighted by Crippen LogP contribution is -2.18.